The van der Waals surface area contributed by atoms with Crippen molar-refractivity contribution in [3.63, 3.8) is 0 Å². The predicted octanol–water partition coefficient (Wildman–Crippen LogP) is 6.05. The molecule has 6 saturated carbocycles. The lowest BCUT2D eigenvalue weighted by Crippen LogP contribution is -2.64. The maximum atomic E-state index is 14.9. The second-order valence-electron chi connectivity index (χ2n) is 20.3. The number of allylic oxidation sites excluding steroid dienone is 1. The van der Waals surface area contributed by atoms with Gasteiger partial charge in [-0.25, -0.2) is 4.79 Å². The molecule has 5 atom stereocenters. The van der Waals surface area contributed by atoms with Gasteiger partial charge in [-0.1, -0.05) is 99.8 Å². The van der Waals surface area contributed by atoms with Gasteiger partial charge in [0.15, 0.2) is 0 Å². The van der Waals surface area contributed by atoms with Crippen LogP contribution in [0.25, 0.3) is 0 Å². The Kier molecular flexibility index (Phi) is 12.9. The average Bonchev–Trinajstić information content (AvgIpc) is 3.54. The van der Waals surface area contributed by atoms with Crippen LogP contribution >= 0.6 is 0 Å². The van der Waals surface area contributed by atoms with Gasteiger partial charge in [-0.05, 0) is 116 Å². The first-order chi connectivity index (χ1) is 29.8. The molecule has 6 amide bonds. The van der Waals surface area contributed by atoms with Crippen molar-refractivity contribution in [2.75, 3.05) is 13.1 Å². The SMILES string of the molecule is C=CCC[C@@H](NC(=O)[C@@H]1C2C(CN1C(=O)[C@@H](NC(=O)NC13CC4CC(CC(C4)C1)C3)C1CCCCC1)C2(C)C)C(=O)C(=O)NCC(=O)N(Cc1ccccc1)Cc1ccccc1. The number of urea groups is 1. The summed E-state index contributed by atoms with van der Waals surface area (Å²) >= 11 is 0. The number of nitrogens with one attached hydrogen (secondary N) is 4. The third kappa shape index (κ3) is 9.49. The summed E-state index contributed by atoms with van der Waals surface area (Å²) in [6.45, 7) is 8.60. The van der Waals surface area contributed by atoms with Gasteiger partial charge in [0, 0.05) is 25.2 Å². The first-order valence-corrected chi connectivity index (χ1v) is 23.3. The third-order valence-corrected chi connectivity index (χ3v) is 15.6. The highest BCUT2D eigenvalue weighted by molar-refractivity contribution is 6.38. The Hall–Kier alpha value is -5.00. The van der Waals surface area contributed by atoms with E-state index in [9.17, 15) is 28.8 Å². The van der Waals surface area contributed by atoms with Crippen LogP contribution in [0.4, 0.5) is 4.79 Å². The minimum atomic E-state index is -1.20. The van der Waals surface area contributed by atoms with Crippen LogP contribution in [0.1, 0.15) is 108 Å². The quantitative estimate of drug-likeness (QED) is 0.112. The lowest BCUT2D eigenvalue weighted by molar-refractivity contribution is -0.145. The average molecular weight is 847 g/mol. The first-order valence-electron chi connectivity index (χ1n) is 23.3. The highest BCUT2D eigenvalue weighted by atomic mass is 16.2. The smallest absolute Gasteiger partial charge is 0.315 e. The molecule has 4 N–H and O–H groups in total. The van der Waals surface area contributed by atoms with Crippen molar-refractivity contribution >= 4 is 35.4 Å². The molecule has 1 saturated heterocycles. The number of benzene rings is 2. The number of Topliss-reactive ketones (excluding diaryl/α,β-unsaturated/α-hetero) is 1. The van der Waals surface area contributed by atoms with Gasteiger partial charge >= 0.3 is 6.03 Å². The number of carbonyl (C=O) groups excluding carboxylic acids is 6. The van der Waals surface area contributed by atoms with Crippen LogP contribution in [-0.2, 0) is 37.1 Å². The molecule has 62 heavy (non-hydrogen) atoms. The fourth-order valence-corrected chi connectivity index (χ4v) is 12.7. The van der Waals surface area contributed by atoms with E-state index in [2.05, 4.69) is 41.7 Å². The molecular formula is C50H66N6O6. The second kappa shape index (κ2) is 18.4. The minimum absolute atomic E-state index is 0.0448. The summed E-state index contributed by atoms with van der Waals surface area (Å²) in [7, 11) is 0. The topological polar surface area (TPSA) is 157 Å². The van der Waals surface area contributed by atoms with Gasteiger partial charge in [0.05, 0.1) is 12.6 Å². The number of carbonyl (C=O) groups is 6. The van der Waals surface area contributed by atoms with E-state index in [-0.39, 0.29) is 53.0 Å². The van der Waals surface area contributed by atoms with Gasteiger partial charge in [0.2, 0.25) is 23.5 Å². The van der Waals surface area contributed by atoms with Crippen molar-refractivity contribution in [3.05, 3.63) is 84.4 Å². The fourth-order valence-electron chi connectivity index (χ4n) is 12.7. The van der Waals surface area contributed by atoms with E-state index in [4.69, 9.17) is 0 Å². The van der Waals surface area contributed by atoms with Gasteiger partial charge in [0.25, 0.3) is 5.91 Å². The number of likely N-dealkylation sites (tertiary alicyclic amines) is 1. The van der Waals surface area contributed by atoms with E-state index in [1.165, 1.54) is 19.3 Å². The van der Waals surface area contributed by atoms with Crippen molar-refractivity contribution in [1.82, 2.24) is 31.1 Å². The Morgan fingerprint density at radius 3 is 1.97 bits per heavy atom. The Labute approximate surface area is 366 Å². The molecule has 1 heterocycles. The summed E-state index contributed by atoms with van der Waals surface area (Å²) in [5.74, 6) is -1.05. The van der Waals surface area contributed by atoms with Crippen LogP contribution in [-0.4, -0.2) is 82.0 Å². The second-order valence-corrected chi connectivity index (χ2v) is 20.3. The van der Waals surface area contributed by atoms with E-state index in [0.29, 0.717) is 43.8 Å². The molecule has 2 aromatic carbocycles. The normalized spacial score (nSPS) is 28.8. The zero-order valence-electron chi connectivity index (χ0n) is 36.6. The van der Waals surface area contributed by atoms with Gasteiger partial charge in [-0.15, -0.1) is 6.58 Å². The van der Waals surface area contributed by atoms with E-state index in [1.54, 1.807) is 15.9 Å². The molecule has 2 aromatic rings. The third-order valence-electron chi connectivity index (χ3n) is 15.6. The molecule has 0 radical (unpaired) electrons. The summed E-state index contributed by atoms with van der Waals surface area (Å²) in [5, 5.41) is 12.0. The molecule has 4 bridgehead atoms. The number of hydrogen-bond donors (Lipinski definition) is 4. The number of hydrogen-bond acceptors (Lipinski definition) is 6. The summed E-state index contributed by atoms with van der Waals surface area (Å²) in [4.78, 5) is 87.7. The van der Waals surface area contributed by atoms with E-state index < -0.39 is 42.3 Å². The van der Waals surface area contributed by atoms with Crippen molar-refractivity contribution < 1.29 is 28.8 Å². The van der Waals surface area contributed by atoms with Crippen LogP contribution in [0, 0.1) is 40.9 Å². The summed E-state index contributed by atoms with van der Waals surface area (Å²) in [6.07, 6.45) is 13.6. The molecule has 12 heteroatoms. The predicted molar refractivity (Wildman–Crippen MR) is 236 cm³/mol. The van der Waals surface area contributed by atoms with Crippen LogP contribution in [0.15, 0.2) is 73.3 Å². The molecular weight excluding hydrogens is 781 g/mol. The fraction of sp³-hybridized carbons (Fsp3) is 0.600. The first kappa shape index (κ1) is 43.6. The molecule has 0 spiro atoms. The maximum absolute atomic E-state index is 14.9. The molecule has 0 aromatic heterocycles. The van der Waals surface area contributed by atoms with Gasteiger partial charge in [-0.3, -0.25) is 24.0 Å². The maximum Gasteiger partial charge on any atom is 0.315 e. The molecule has 12 nitrogen and oxygen atoms in total. The number of piperidine rings is 1. The lowest BCUT2D eigenvalue weighted by atomic mass is 9.53. The van der Waals surface area contributed by atoms with Crippen molar-refractivity contribution in [2.45, 2.75) is 134 Å². The highest BCUT2D eigenvalue weighted by Gasteiger charge is 2.70. The summed E-state index contributed by atoms with van der Waals surface area (Å²) in [5.41, 5.74) is 1.44. The lowest BCUT2D eigenvalue weighted by Gasteiger charge is -2.56. The number of amides is 6. The van der Waals surface area contributed by atoms with E-state index in [0.717, 1.165) is 62.5 Å². The number of ketones is 1. The van der Waals surface area contributed by atoms with Crippen LogP contribution in [0.5, 0.6) is 0 Å². The number of fused-ring (bicyclic) bond motifs is 1. The van der Waals surface area contributed by atoms with Crippen LogP contribution in [0.2, 0.25) is 0 Å². The standard InChI is InChI=1S/C50H66N6O6/c1-4-5-21-39(44(58)46(60)51-28-40(57)55(29-32-15-9-6-10-16-32)30-33-17-11-7-12-18-33)52-45(59)43-41-38(49(41,2)3)31-56(43)47(61)42(37-19-13-8-14-20-37)53-48(62)54-50-25-34-22-35(26-50)24-36(23-34)27-50/h4,6-7,9-12,15-18,34-39,41-43H,1,5,8,13-14,19-31H2,2-3H3,(H,51,60)(H,52,59)(H2,53,54,62)/t34?,35?,36?,38?,39-,41?,42+,43+,50?/m1/s1. The molecule has 1 aliphatic heterocycles. The Bertz CT molecular complexity index is 1920. The Balaban J connectivity index is 0.943. The van der Waals surface area contributed by atoms with Gasteiger partial charge in [-0.2, -0.15) is 0 Å². The monoisotopic (exact) mass is 847 g/mol. The number of rotatable bonds is 17. The molecule has 7 fully saturated rings. The molecule has 7 aliphatic rings. The molecule has 6 aliphatic carbocycles. The Morgan fingerprint density at radius 2 is 1.40 bits per heavy atom. The van der Waals surface area contributed by atoms with Crippen molar-refractivity contribution in [3.8, 4) is 0 Å². The van der Waals surface area contributed by atoms with E-state index >= 15 is 0 Å². The van der Waals surface area contributed by atoms with Gasteiger partial charge < -0.3 is 31.1 Å². The largest absolute Gasteiger partial charge is 0.344 e. The molecule has 2 unspecified atom stereocenters. The van der Waals surface area contributed by atoms with Crippen molar-refractivity contribution in [1.29, 1.82) is 0 Å². The highest BCUT2D eigenvalue weighted by Crippen LogP contribution is 2.65. The Morgan fingerprint density at radius 1 is 0.823 bits per heavy atom. The van der Waals surface area contributed by atoms with Crippen LogP contribution in [0.3, 0.4) is 0 Å². The van der Waals surface area contributed by atoms with Gasteiger partial charge in [0.1, 0.15) is 12.1 Å². The van der Waals surface area contributed by atoms with Crippen molar-refractivity contribution in [2.24, 2.45) is 40.9 Å². The molecule has 332 valence electrons. The summed E-state index contributed by atoms with van der Waals surface area (Å²) < 4.78 is 0. The zero-order chi connectivity index (χ0) is 43.6. The summed E-state index contributed by atoms with van der Waals surface area (Å²) in [6, 6.07) is 16.0. The van der Waals surface area contributed by atoms with Crippen LogP contribution < -0.4 is 21.3 Å². The molecule has 9 rings (SSSR count). The zero-order valence-corrected chi connectivity index (χ0v) is 36.6. The van der Waals surface area contributed by atoms with E-state index in [1.807, 2.05) is 60.7 Å². The minimum Gasteiger partial charge on any atom is -0.344 e. The number of nitrogens with zero attached hydrogens (tertiary/aromatic N) is 2.